The number of ether oxygens (including phenoxy) is 1. The number of carbonyl (C=O) groups excluding carboxylic acids is 3. The largest absolute Gasteiger partial charge is 0.496 e. The van der Waals surface area contributed by atoms with Crippen LogP contribution in [-0.4, -0.2) is 60.9 Å². The van der Waals surface area contributed by atoms with Gasteiger partial charge in [0.15, 0.2) is 0 Å². The molecule has 4 amide bonds. The van der Waals surface area contributed by atoms with Crippen molar-refractivity contribution in [2.75, 3.05) is 33.3 Å². The molecule has 3 rings (SSSR count). The third-order valence-corrected chi connectivity index (χ3v) is 4.66. The van der Waals surface area contributed by atoms with Crippen LogP contribution in [0.4, 0.5) is 4.79 Å². The van der Waals surface area contributed by atoms with Gasteiger partial charge in [-0.15, -0.1) is 0 Å². The molecule has 0 atom stereocenters. The summed E-state index contributed by atoms with van der Waals surface area (Å²) in [5, 5.41) is 2.42. The van der Waals surface area contributed by atoms with Gasteiger partial charge in [0.25, 0.3) is 5.91 Å². The molecule has 2 fully saturated rings. The van der Waals surface area contributed by atoms with Gasteiger partial charge in [-0.1, -0.05) is 18.2 Å². The Morgan fingerprint density at radius 2 is 1.96 bits per heavy atom. The van der Waals surface area contributed by atoms with Crippen LogP contribution in [0.15, 0.2) is 24.3 Å². The molecule has 2 aliphatic heterocycles. The fraction of sp³-hybridized carbons (Fsp3) is 0.471. The SMILES string of the molecule is COc1ccccc1C1CCN(C(=O)CN2C(=O)CNC2=O)CC1. The number of hydrogen-bond acceptors (Lipinski definition) is 4. The molecule has 1 aromatic rings. The average molecular weight is 331 g/mol. The second-order valence-corrected chi connectivity index (χ2v) is 6.04. The Kier molecular flexibility index (Phi) is 4.69. The second kappa shape index (κ2) is 6.90. The number of rotatable bonds is 4. The summed E-state index contributed by atoms with van der Waals surface area (Å²) in [4.78, 5) is 38.1. The zero-order chi connectivity index (χ0) is 17.1. The van der Waals surface area contributed by atoms with E-state index < -0.39 is 6.03 Å². The van der Waals surface area contributed by atoms with E-state index in [9.17, 15) is 14.4 Å². The molecule has 0 spiro atoms. The molecule has 2 aliphatic rings. The predicted molar refractivity (Wildman–Crippen MR) is 86.7 cm³/mol. The van der Waals surface area contributed by atoms with Gasteiger partial charge in [-0.25, -0.2) is 4.79 Å². The van der Waals surface area contributed by atoms with E-state index in [0.29, 0.717) is 19.0 Å². The summed E-state index contributed by atoms with van der Waals surface area (Å²) in [6.45, 7) is 1.03. The van der Waals surface area contributed by atoms with Crippen LogP contribution >= 0.6 is 0 Å². The van der Waals surface area contributed by atoms with Crippen molar-refractivity contribution in [2.45, 2.75) is 18.8 Å². The first kappa shape index (κ1) is 16.3. The summed E-state index contributed by atoms with van der Waals surface area (Å²) in [5.74, 6) is 0.694. The zero-order valence-electron chi connectivity index (χ0n) is 13.7. The molecule has 128 valence electrons. The number of nitrogens with one attached hydrogen (secondary N) is 1. The second-order valence-electron chi connectivity index (χ2n) is 6.04. The van der Waals surface area contributed by atoms with Crippen LogP contribution in [0.2, 0.25) is 0 Å². The van der Waals surface area contributed by atoms with Crippen LogP contribution in [0.1, 0.15) is 24.3 Å². The molecular formula is C17H21N3O4. The van der Waals surface area contributed by atoms with Crippen LogP contribution in [0.5, 0.6) is 5.75 Å². The molecule has 1 N–H and O–H groups in total. The van der Waals surface area contributed by atoms with Gasteiger partial charge in [0.05, 0.1) is 13.7 Å². The highest BCUT2D eigenvalue weighted by atomic mass is 16.5. The van der Waals surface area contributed by atoms with E-state index in [1.165, 1.54) is 5.56 Å². The van der Waals surface area contributed by atoms with Gasteiger partial charge < -0.3 is 15.0 Å². The number of amides is 4. The van der Waals surface area contributed by atoms with Crippen LogP contribution in [0.25, 0.3) is 0 Å². The molecule has 0 radical (unpaired) electrons. The zero-order valence-corrected chi connectivity index (χ0v) is 13.7. The van der Waals surface area contributed by atoms with Gasteiger partial charge in [0, 0.05) is 13.1 Å². The van der Waals surface area contributed by atoms with Gasteiger partial charge in [0.1, 0.15) is 12.3 Å². The standard InChI is InChI=1S/C17H21N3O4/c1-24-14-5-3-2-4-13(14)12-6-8-19(9-7-12)16(22)11-20-15(21)10-18-17(20)23/h2-5,12H,6-11H2,1H3,(H,18,23). The number of carbonyl (C=O) groups is 3. The third-order valence-electron chi connectivity index (χ3n) is 4.66. The summed E-state index contributed by atoms with van der Waals surface area (Å²) in [5.41, 5.74) is 1.17. The lowest BCUT2D eigenvalue weighted by atomic mass is 9.89. The van der Waals surface area contributed by atoms with E-state index in [4.69, 9.17) is 4.74 Å². The summed E-state index contributed by atoms with van der Waals surface area (Å²) < 4.78 is 5.42. The van der Waals surface area contributed by atoms with Crippen molar-refractivity contribution in [3.63, 3.8) is 0 Å². The lowest BCUT2D eigenvalue weighted by molar-refractivity contribution is -0.137. The molecule has 24 heavy (non-hydrogen) atoms. The molecule has 0 saturated carbocycles. The molecular weight excluding hydrogens is 310 g/mol. The number of likely N-dealkylation sites (tertiary alicyclic amines) is 1. The van der Waals surface area contributed by atoms with Gasteiger partial charge in [-0.05, 0) is 30.4 Å². The number of hydrogen-bond donors (Lipinski definition) is 1. The third kappa shape index (κ3) is 3.20. The number of piperidine rings is 1. The van der Waals surface area contributed by atoms with Crippen molar-refractivity contribution < 1.29 is 19.1 Å². The maximum Gasteiger partial charge on any atom is 0.325 e. The minimum atomic E-state index is -0.489. The molecule has 7 heteroatoms. The highest BCUT2D eigenvalue weighted by Gasteiger charge is 2.33. The van der Waals surface area contributed by atoms with Crippen molar-refractivity contribution >= 4 is 17.8 Å². The van der Waals surface area contributed by atoms with E-state index in [1.807, 2.05) is 18.2 Å². The highest BCUT2D eigenvalue weighted by Crippen LogP contribution is 2.33. The number of benzene rings is 1. The van der Waals surface area contributed by atoms with E-state index in [1.54, 1.807) is 12.0 Å². The Balaban J connectivity index is 1.58. The van der Waals surface area contributed by atoms with Crippen LogP contribution in [0.3, 0.4) is 0 Å². The predicted octanol–water partition coefficient (Wildman–Crippen LogP) is 0.953. The van der Waals surface area contributed by atoms with Gasteiger partial charge in [-0.2, -0.15) is 0 Å². The molecule has 0 aliphatic carbocycles. The summed E-state index contributed by atoms with van der Waals surface area (Å²) in [6.07, 6.45) is 1.68. The maximum absolute atomic E-state index is 12.3. The van der Waals surface area contributed by atoms with Crippen LogP contribution < -0.4 is 10.1 Å². The lowest BCUT2D eigenvalue weighted by Gasteiger charge is -2.33. The normalized spacial score (nSPS) is 18.7. The molecule has 7 nitrogen and oxygen atoms in total. The van der Waals surface area contributed by atoms with Crippen molar-refractivity contribution in [3.05, 3.63) is 29.8 Å². The Hall–Kier alpha value is -2.57. The first-order valence-electron chi connectivity index (χ1n) is 8.09. The molecule has 1 aromatic carbocycles. The molecule has 2 saturated heterocycles. The molecule has 0 unspecified atom stereocenters. The van der Waals surface area contributed by atoms with Gasteiger partial charge in [-0.3, -0.25) is 14.5 Å². The minimum Gasteiger partial charge on any atom is -0.496 e. The number of para-hydroxylation sites is 1. The Morgan fingerprint density at radius 1 is 1.25 bits per heavy atom. The van der Waals surface area contributed by atoms with Crippen LogP contribution in [0, 0.1) is 0 Å². The smallest absolute Gasteiger partial charge is 0.325 e. The number of methoxy groups -OCH3 is 1. The quantitative estimate of drug-likeness (QED) is 0.833. The minimum absolute atomic E-state index is 0.0258. The molecule has 2 heterocycles. The van der Waals surface area contributed by atoms with Crippen molar-refractivity contribution in [1.29, 1.82) is 0 Å². The fourth-order valence-corrected chi connectivity index (χ4v) is 3.29. The molecule has 0 bridgehead atoms. The first-order valence-corrected chi connectivity index (χ1v) is 8.09. The highest BCUT2D eigenvalue weighted by molar-refractivity contribution is 6.04. The number of imide groups is 1. The lowest BCUT2D eigenvalue weighted by Crippen LogP contribution is -2.45. The maximum atomic E-state index is 12.3. The van der Waals surface area contributed by atoms with E-state index >= 15 is 0 Å². The van der Waals surface area contributed by atoms with Crippen molar-refractivity contribution in [3.8, 4) is 5.75 Å². The first-order chi connectivity index (χ1) is 11.6. The van der Waals surface area contributed by atoms with Crippen molar-refractivity contribution in [1.82, 2.24) is 15.1 Å². The Labute approximate surface area is 140 Å². The molecule has 0 aromatic heterocycles. The van der Waals surface area contributed by atoms with E-state index in [-0.39, 0.29) is 24.9 Å². The summed E-state index contributed by atoms with van der Waals surface area (Å²) in [6, 6.07) is 7.46. The fourth-order valence-electron chi connectivity index (χ4n) is 3.29. The Morgan fingerprint density at radius 3 is 2.58 bits per heavy atom. The topological polar surface area (TPSA) is 79.0 Å². The van der Waals surface area contributed by atoms with Crippen molar-refractivity contribution in [2.24, 2.45) is 0 Å². The van der Waals surface area contributed by atoms with Gasteiger partial charge >= 0.3 is 6.03 Å². The van der Waals surface area contributed by atoms with E-state index in [0.717, 1.165) is 23.5 Å². The summed E-state index contributed by atoms with van der Waals surface area (Å²) >= 11 is 0. The summed E-state index contributed by atoms with van der Waals surface area (Å²) in [7, 11) is 1.66. The number of nitrogens with zero attached hydrogens (tertiary/aromatic N) is 2. The Bertz CT molecular complexity index is 637. The van der Waals surface area contributed by atoms with Crippen LogP contribution in [-0.2, 0) is 9.59 Å². The number of urea groups is 1. The monoisotopic (exact) mass is 331 g/mol. The van der Waals surface area contributed by atoms with E-state index in [2.05, 4.69) is 11.4 Å². The van der Waals surface area contributed by atoms with Gasteiger partial charge in [0.2, 0.25) is 5.91 Å². The average Bonchev–Trinajstić information content (AvgIpc) is 2.93.